The second kappa shape index (κ2) is 6.82. The smallest absolute Gasteiger partial charge is 0.416 e. The number of hydrogen-bond donors (Lipinski definition) is 1. The molecule has 128 valence electrons. The van der Waals surface area contributed by atoms with Crippen molar-refractivity contribution >= 4 is 5.97 Å². The van der Waals surface area contributed by atoms with Crippen LogP contribution in [-0.4, -0.2) is 24.8 Å². The van der Waals surface area contributed by atoms with E-state index in [-0.39, 0.29) is 11.3 Å². The second-order valence-electron chi connectivity index (χ2n) is 5.07. The molecule has 0 unspecified atom stereocenters. The number of carboxylic acids is 1. The molecule has 2 rings (SSSR count). The molecule has 0 amide bonds. The lowest BCUT2D eigenvalue weighted by atomic mass is 9.97. The van der Waals surface area contributed by atoms with E-state index in [0.717, 1.165) is 18.2 Å². The van der Waals surface area contributed by atoms with Crippen LogP contribution in [0, 0.1) is 6.92 Å². The third-order valence-corrected chi connectivity index (χ3v) is 3.38. The highest BCUT2D eigenvalue weighted by atomic mass is 19.4. The molecule has 0 saturated carbocycles. The summed E-state index contributed by atoms with van der Waals surface area (Å²) in [5, 5.41) is 8.72. The van der Waals surface area contributed by atoms with Gasteiger partial charge in [0.25, 0.3) is 0 Å². The van der Waals surface area contributed by atoms with Crippen LogP contribution >= 0.6 is 0 Å². The molecular formula is C17H15F3O4. The Labute approximate surface area is 136 Å². The standard InChI is InChI=1S/C17H15F3O4/c1-10-7-12(23-2)4-5-13(10)14-8-11(17(18,19)20)3-6-15(14)24-9-16(21)22/h3-8H,9H2,1-2H3,(H,21,22). The zero-order valence-corrected chi connectivity index (χ0v) is 13.0. The van der Waals surface area contributed by atoms with Crippen molar-refractivity contribution in [2.24, 2.45) is 0 Å². The number of methoxy groups -OCH3 is 1. The van der Waals surface area contributed by atoms with Gasteiger partial charge in [0.05, 0.1) is 12.7 Å². The molecule has 1 N–H and O–H groups in total. The Kier molecular flexibility index (Phi) is 5.02. The van der Waals surface area contributed by atoms with Crippen LogP contribution in [0.2, 0.25) is 0 Å². The fourth-order valence-corrected chi connectivity index (χ4v) is 2.25. The van der Waals surface area contributed by atoms with E-state index in [0.29, 0.717) is 16.9 Å². The van der Waals surface area contributed by atoms with Crippen LogP contribution in [0.15, 0.2) is 36.4 Å². The van der Waals surface area contributed by atoms with Crippen LogP contribution in [0.25, 0.3) is 11.1 Å². The third-order valence-electron chi connectivity index (χ3n) is 3.38. The van der Waals surface area contributed by atoms with Gasteiger partial charge in [-0.25, -0.2) is 4.79 Å². The average Bonchev–Trinajstić information content (AvgIpc) is 2.51. The molecule has 2 aromatic rings. The van der Waals surface area contributed by atoms with Gasteiger partial charge in [-0.05, 0) is 48.4 Å². The Morgan fingerprint density at radius 1 is 1.12 bits per heavy atom. The van der Waals surface area contributed by atoms with Crippen LogP contribution in [-0.2, 0) is 11.0 Å². The third kappa shape index (κ3) is 3.98. The van der Waals surface area contributed by atoms with Gasteiger partial charge in [0.1, 0.15) is 11.5 Å². The predicted molar refractivity (Wildman–Crippen MR) is 81.3 cm³/mol. The van der Waals surface area contributed by atoms with E-state index in [1.807, 2.05) is 0 Å². The van der Waals surface area contributed by atoms with Gasteiger partial charge < -0.3 is 14.6 Å². The lowest BCUT2D eigenvalue weighted by Gasteiger charge is -2.16. The van der Waals surface area contributed by atoms with E-state index in [4.69, 9.17) is 14.6 Å². The van der Waals surface area contributed by atoms with E-state index < -0.39 is 24.3 Å². The summed E-state index contributed by atoms with van der Waals surface area (Å²) in [6.07, 6.45) is -4.51. The zero-order valence-electron chi connectivity index (χ0n) is 13.0. The minimum absolute atomic E-state index is 0.0682. The lowest BCUT2D eigenvalue weighted by molar-refractivity contribution is -0.140. The second-order valence-corrected chi connectivity index (χ2v) is 5.07. The Balaban J connectivity index is 2.56. The maximum absolute atomic E-state index is 13.0. The molecule has 0 radical (unpaired) electrons. The van der Waals surface area contributed by atoms with Crippen LogP contribution in [0.1, 0.15) is 11.1 Å². The summed E-state index contributed by atoms with van der Waals surface area (Å²) in [4.78, 5) is 10.7. The molecule has 0 aliphatic carbocycles. The van der Waals surface area contributed by atoms with Gasteiger partial charge in [-0.1, -0.05) is 6.07 Å². The summed E-state index contributed by atoms with van der Waals surface area (Å²) < 4.78 is 49.2. The van der Waals surface area contributed by atoms with E-state index in [1.54, 1.807) is 25.1 Å². The summed E-state index contributed by atoms with van der Waals surface area (Å²) in [5.74, 6) is -0.581. The maximum atomic E-state index is 13.0. The van der Waals surface area contributed by atoms with Crippen LogP contribution in [0.3, 0.4) is 0 Å². The number of ether oxygens (including phenoxy) is 2. The molecule has 0 atom stereocenters. The SMILES string of the molecule is COc1ccc(-c2cc(C(F)(F)F)ccc2OCC(=O)O)c(C)c1. The molecule has 0 heterocycles. The topological polar surface area (TPSA) is 55.8 Å². The number of halogens is 3. The Morgan fingerprint density at radius 2 is 1.83 bits per heavy atom. The van der Waals surface area contributed by atoms with Crippen molar-refractivity contribution in [2.45, 2.75) is 13.1 Å². The molecule has 2 aromatic carbocycles. The van der Waals surface area contributed by atoms with Gasteiger partial charge in [-0.2, -0.15) is 13.2 Å². The molecule has 0 saturated heterocycles. The minimum Gasteiger partial charge on any atom is -0.497 e. The van der Waals surface area contributed by atoms with Crippen molar-refractivity contribution < 1.29 is 32.5 Å². The quantitative estimate of drug-likeness (QED) is 0.888. The fraction of sp³-hybridized carbons (Fsp3) is 0.235. The Hall–Kier alpha value is -2.70. The number of carboxylic acid groups (broad SMARTS) is 1. The van der Waals surface area contributed by atoms with Crippen LogP contribution < -0.4 is 9.47 Å². The van der Waals surface area contributed by atoms with Crippen molar-refractivity contribution in [2.75, 3.05) is 13.7 Å². The highest BCUT2D eigenvalue weighted by Crippen LogP contribution is 2.39. The number of alkyl halides is 3. The van der Waals surface area contributed by atoms with Gasteiger partial charge >= 0.3 is 12.1 Å². The summed E-state index contributed by atoms with van der Waals surface area (Å²) in [6.45, 7) is 1.08. The van der Waals surface area contributed by atoms with Gasteiger partial charge in [-0.3, -0.25) is 0 Å². The molecule has 0 aliphatic heterocycles. The van der Waals surface area contributed by atoms with Crippen LogP contribution in [0.5, 0.6) is 11.5 Å². The maximum Gasteiger partial charge on any atom is 0.416 e. The number of carbonyl (C=O) groups is 1. The van der Waals surface area contributed by atoms with Crippen LogP contribution in [0.4, 0.5) is 13.2 Å². The first-order valence-corrected chi connectivity index (χ1v) is 6.93. The number of rotatable bonds is 5. The summed E-state index contributed by atoms with van der Waals surface area (Å²) in [5.41, 5.74) is 0.512. The average molecular weight is 340 g/mol. The number of benzene rings is 2. The van der Waals surface area contributed by atoms with E-state index in [1.165, 1.54) is 7.11 Å². The van der Waals surface area contributed by atoms with E-state index >= 15 is 0 Å². The molecule has 0 aromatic heterocycles. The highest BCUT2D eigenvalue weighted by Gasteiger charge is 2.31. The number of aliphatic carboxylic acids is 1. The zero-order chi connectivity index (χ0) is 17.9. The van der Waals surface area contributed by atoms with E-state index in [9.17, 15) is 18.0 Å². The summed E-state index contributed by atoms with van der Waals surface area (Å²) in [7, 11) is 1.49. The van der Waals surface area contributed by atoms with Crippen molar-refractivity contribution in [3.05, 3.63) is 47.5 Å². The predicted octanol–water partition coefficient (Wildman–Crippen LogP) is 4.15. The van der Waals surface area contributed by atoms with Crippen molar-refractivity contribution in [1.29, 1.82) is 0 Å². The van der Waals surface area contributed by atoms with Gasteiger partial charge in [0.2, 0.25) is 0 Å². The molecule has 0 bridgehead atoms. The monoisotopic (exact) mass is 340 g/mol. The summed E-state index contributed by atoms with van der Waals surface area (Å²) in [6, 6.07) is 7.84. The van der Waals surface area contributed by atoms with Crippen molar-refractivity contribution in [3.8, 4) is 22.6 Å². The largest absolute Gasteiger partial charge is 0.497 e. The normalized spacial score (nSPS) is 11.2. The molecular weight excluding hydrogens is 325 g/mol. The summed E-state index contributed by atoms with van der Waals surface area (Å²) >= 11 is 0. The first kappa shape index (κ1) is 17.7. The van der Waals surface area contributed by atoms with E-state index in [2.05, 4.69) is 0 Å². The molecule has 0 fully saturated rings. The molecule has 24 heavy (non-hydrogen) atoms. The van der Waals surface area contributed by atoms with Gasteiger partial charge in [-0.15, -0.1) is 0 Å². The molecule has 0 aliphatic rings. The number of hydrogen-bond acceptors (Lipinski definition) is 3. The first-order valence-electron chi connectivity index (χ1n) is 6.93. The van der Waals surface area contributed by atoms with Crippen molar-refractivity contribution in [3.63, 3.8) is 0 Å². The highest BCUT2D eigenvalue weighted by molar-refractivity contribution is 5.76. The number of aryl methyl sites for hydroxylation is 1. The fourth-order valence-electron chi connectivity index (χ4n) is 2.25. The van der Waals surface area contributed by atoms with Crippen molar-refractivity contribution in [1.82, 2.24) is 0 Å². The Morgan fingerprint density at radius 3 is 2.38 bits per heavy atom. The molecule has 4 nitrogen and oxygen atoms in total. The molecule has 0 spiro atoms. The lowest BCUT2D eigenvalue weighted by Crippen LogP contribution is -2.11. The van der Waals surface area contributed by atoms with Gasteiger partial charge in [0.15, 0.2) is 6.61 Å². The minimum atomic E-state index is -4.51. The first-order chi connectivity index (χ1) is 11.2. The van der Waals surface area contributed by atoms with Gasteiger partial charge in [0, 0.05) is 5.56 Å². The molecule has 7 heteroatoms. The Bertz CT molecular complexity index is 754.